The van der Waals surface area contributed by atoms with Gasteiger partial charge in [-0.15, -0.1) is 23.5 Å². The highest BCUT2D eigenvalue weighted by atomic mass is 32.2. The van der Waals surface area contributed by atoms with Gasteiger partial charge < -0.3 is 5.32 Å². The normalized spacial score (nSPS) is 10.2. The number of ketones is 1. The Balaban J connectivity index is 1.80. The van der Waals surface area contributed by atoms with Gasteiger partial charge in [0.1, 0.15) is 0 Å². The number of carbonyl (C=O) groups is 2. The van der Waals surface area contributed by atoms with Gasteiger partial charge >= 0.3 is 0 Å². The first kappa shape index (κ1) is 16.6. The van der Waals surface area contributed by atoms with Crippen LogP contribution in [0, 0.1) is 0 Å². The number of thioether (sulfide) groups is 2. The van der Waals surface area contributed by atoms with E-state index in [4.69, 9.17) is 0 Å². The standard InChI is InChI=1S/C17H17NO2S2/c1-21-16-10-6-5-9-14(16)18-17(20)12-22-11-15(19)13-7-3-2-4-8-13/h2-10H,11-12H2,1H3,(H,18,20). The number of anilines is 1. The van der Waals surface area contributed by atoms with Gasteiger partial charge in [-0.2, -0.15) is 0 Å². The van der Waals surface area contributed by atoms with Crippen LogP contribution in [0.4, 0.5) is 5.69 Å². The SMILES string of the molecule is CSc1ccccc1NC(=O)CSCC(=O)c1ccccc1. The second-order valence-corrected chi connectivity index (χ2v) is 6.36. The Morgan fingerprint density at radius 3 is 2.36 bits per heavy atom. The molecule has 0 fully saturated rings. The van der Waals surface area contributed by atoms with Crippen LogP contribution in [-0.2, 0) is 4.79 Å². The summed E-state index contributed by atoms with van der Waals surface area (Å²) in [6.07, 6.45) is 1.97. The minimum atomic E-state index is -0.0904. The van der Waals surface area contributed by atoms with Crippen LogP contribution in [0.3, 0.4) is 0 Å². The van der Waals surface area contributed by atoms with Gasteiger partial charge in [0, 0.05) is 10.5 Å². The molecule has 0 aromatic heterocycles. The van der Waals surface area contributed by atoms with E-state index in [1.165, 1.54) is 11.8 Å². The maximum Gasteiger partial charge on any atom is 0.234 e. The number of para-hydroxylation sites is 1. The first-order valence-electron chi connectivity index (χ1n) is 6.79. The van der Waals surface area contributed by atoms with E-state index in [-0.39, 0.29) is 17.4 Å². The van der Waals surface area contributed by atoms with Crippen molar-refractivity contribution in [2.45, 2.75) is 4.90 Å². The van der Waals surface area contributed by atoms with Crippen molar-refractivity contribution in [3.05, 3.63) is 60.2 Å². The highest BCUT2D eigenvalue weighted by molar-refractivity contribution is 8.00. The highest BCUT2D eigenvalue weighted by Crippen LogP contribution is 2.24. The molecule has 22 heavy (non-hydrogen) atoms. The lowest BCUT2D eigenvalue weighted by Crippen LogP contribution is -2.16. The number of hydrogen-bond donors (Lipinski definition) is 1. The van der Waals surface area contributed by atoms with E-state index in [1.807, 2.05) is 48.7 Å². The molecule has 2 aromatic carbocycles. The Hall–Kier alpha value is -1.72. The van der Waals surface area contributed by atoms with E-state index < -0.39 is 0 Å². The topological polar surface area (TPSA) is 46.2 Å². The summed E-state index contributed by atoms with van der Waals surface area (Å²) in [4.78, 5) is 24.9. The van der Waals surface area contributed by atoms with Gasteiger partial charge in [0.15, 0.2) is 5.78 Å². The summed E-state index contributed by atoms with van der Waals surface area (Å²) in [5, 5.41) is 2.88. The minimum absolute atomic E-state index is 0.0444. The zero-order valence-corrected chi connectivity index (χ0v) is 13.9. The summed E-state index contributed by atoms with van der Waals surface area (Å²) in [5.41, 5.74) is 1.50. The van der Waals surface area contributed by atoms with Gasteiger partial charge in [0.25, 0.3) is 0 Å². The molecular formula is C17H17NO2S2. The Bertz CT molecular complexity index is 644. The van der Waals surface area contributed by atoms with Crippen LogP contribution in [0.1, 0.15) is 10.4 Å². The lowest BCUT2D eigenvalue weighted by Gasteiger charge is -2.08. The van der Waals surface area contributed by atoms with E-state index in [9.17, 15) is 9.59 Å². The summed E-state index contributed by atoms with van der Waals surface area (Å²) in [7, 11) is 0. The smallest absolute Gasteiger partial charge is 0.234 e. The maximum atomic E-state index is 11.9. The number of Topliss-reactive ketones (excluding diaryl/α,β-unsaturated/α-hetero) is 1. The molecule has 2 aromatic rings. The average molecular weight is 331 g/mol. The van der Waals surface area contributed by atoms with Crippen molar-refractivity contribution in [3.8, 4) is 0 Å². The second-order valence-electron chi connectivity index (χ2n) is 4.53. The van der Waals surface area contributed by atoms with E-state index >= 15 is 0 Å². The largest absolute Gasteiger partial charge is 0.324 e. The first-order valence-corrected chi connectivity index (χ1v) is 9.17. The predicted octanol–water partition coefficient (Wildman–Crippen LogP) is 3.96. The van der Waals surface area contributed by atoms with Gasteiger partial charge in [-0.3, -0.25) is 9.59 Å². The van der Waals surface area contributed by atoms with Crippen molar-refractivity contribution in [1.82, 2.24) is 0 Å². The molecule has 3 nitrogen and oxygen atoms in total. The van der Waals surface area contributed by atoms with Gasteiger partial charge in [-0.1, -0.05) is 42.5 Å². The summed E-state index contributed by atoms with van der Waals surface area (Å²) in [5.74, 6) is 0.526. The van der Waals surface area contributed by atoms with Crippen LogP contribution in [0.2, 0.25) is 0 Å². The van der Waals surface area contributed by atoms with Crippen molar-refractivity contribution in [2.75, 3.05) is 23.1 Å². The number of rotatable bonds is 7. The summed E-state index contributed by atoms with van der Waals surface area (Å²) >= 11 is 2.92. The molecule has 0 spiro atoms. The molecule has 1 N–H and O–H groups in total. The van der Waals surface area contributed by atoms with Crippen LogP contribution in [-0.4, -0.2) is 29.5 Å². The van der Waals surface area contributed by atoms with E-state index in [0.717, 1.165) is 10.6 Å². The Labute approximate surface area is 138 Å². The van der Waals surface area contributed by atoms with E-state index in [2.05, 4.69) is 5.32 Å². The monoisotopic (exact) mass is 331 g/mol. The van der Waals surface area contributed by atoms with Crippen LogP contribution < -0.4 is 5.32 Å². The molecule has 5 heteroatoms. The molecule has 2 rings (SSSR count). The molecule has 0 aliphatic carbocycles. The molecule has 1 amide bonds. The Kier molecular flexibility index (Phi) is 6.55. The molecule has 0 unspecified atom stereocenters. The van der Waals surface area contributed by atoms with Crippen LogP contribution >= 0.6 is 23.5 Å². The molecule has 0 saturated heterocycles. The van der Waals surface area contributed by atoms with E-state index in [0.29, 0.717) is 11.3 Å². The third kappa shape index (κ3) is 4.93. The van der Waals surface area contributed by atoms with Gasteiger partial charge in [-0.25, -0.2) is 0 Å². The van der Waals surface area contributed by atoms with E-state index in [1.54, 1.807) is 23.9 Å². The molecule has 0 radical (unpaired) electrons. The molecular weight excluding hydrogens is 314 g/mol. The van der Waals surface area contributed by atoms with Gasteiger partial charge in [-0.05, 0) is 18.4 Å². The Morgan fingerprint density at radius 1 is 0.955 bits per heavy atom. The lowest BCUT2D eigenvalue weighted by molar-refractivity contribution is -0.113. The lowest BCUT2D eigenvalue weighted by atomic mass is 10.2. The van der Waals surface area contributed by atoms with Crippen molar-refractivity contribution in [2.24, 2.45) is 0 Å². The van der Waals surface area contributed by atoms with Gasteiger partial charge in [0.05, 0.1) is 17.2 Å². The molecule has 0 heterocycles. The fourth-order valence-corrected chi connectivity index (χ4v) is 3.14. The molecule has 0 atom stereocenters. The van der Waals surface area contributed by atoms with Crippen molar-refractivity contribution >= 4 is 40.9 Å². The number of nitrogens with one attached hydrogen (secondary N) is 1. The summed E-state index contributed by atoms with van der Waals surface area (Å²) in [6.45, 7) is 0. The quantitative estimate of drug-likeness (QED) is 0.616. The van der Waals surface area contributed by atoms with Crippen LogP contribution in [0.5, 0.6) is 0 Å². The third-order valence-electron chi connectivity index (χ3n) is 2.94. The molecule has 0 aliphatic heterocycles. The fraction of sp³-hybridized carbons (Fsp3) is 0.176. The first-order chi connectivity index (χ1) is 10.7. The number of amides is 1. The minimum Gasteiger partial charge on any atom is -0.324 e. The average Bonchev–Trinajstić information content (AvgIpc) is 2.56. The predicted molar refractivity (Wildman–Crippen MR) is 95.0 cm³/mol. The Morgan fingerprint density at radius 2 is 1.64 bits per heavy atom. The molecule has 0 aliphatic rings. The third-order valence-corrected chi connectivity index (χ3v) is 4.67. The van der Waals surface area contributed by atoms with Crippen LogP contribution in [0.15, 0.2) is 59.5 Å². The molecule has 0 bridgehead atoms. The van der Waals surface area contributed by atoms with Crippen molar-refractivity contribution in [1.29, 1.82) is 0 Å². The highest BCUT2D eigenvalue weighted by Gasteiger charge is 2.09. The second kappa shape index (κ2) is 8.66. The summed E-state index contributed by atoms with van der Waals surface area (Å²) < 4.78 is 0. The number of hydrogen-bond acceptors (Lipinski definition) is 4. The maximum absolute atomic E-state index is 11.9. The number of benzene rings is 2. The summed E-state index contributed by atoms with van der Waals surface area (Å²) in [6, 6.07) is 16.8. The van der Waals surface area contributed by atoms with Gasteiger partial charge in [0.2, 0.25) is 5.91 Å². The molecule has 0 saturated carbocycles. The molecule has 114 valence electrons. The van der Waals surface area contributed by atoms with Crippen molar-refractivity contribution < 1.29 is 9.59 Å². The fourth-order valence-electron chi connectivity index (χ4n) is 1.88. The van der Waals surface area contributed by atoms with Crippen LogP contribution in [0.25, 0.3) is 0 Å². The number of carbonyl (C=O) groups excluding carboxylic acids is 2. The zero-order chi connectivity index (χ0) is 15.8. The van der Waals surface area contributed by atoms with Crippen molar-refractivity contribution in [3.63, 3.8) is 0 Å². The zero-order valence-electron chi connectivity index (χ0n) is 12.2.